The molecule has 5 heteroatoms. The molecule has 0 saturated carbocycles. The van der Waals surface area contributed by atoms with Crippen molar-refractivity contribution in [2.24, 2.45) is 0 Å². The highest BCUT2D eigenvalue weighted by Gasteiger charge is 2.52. The quantitative estimate of drug-likeness (QED) is 0.460. The molecule has 2 aliphatic rings. The van der Waals surface area contributed by atoms with E-state index in [1.54, 1.807) is 16.7 Å². The lowest BCUT2D eigenvalue weighted by Crippen LogP contribution is -2.62. The Labute approximate surface area is 146 Å². The summed E-state index contributed by atoms with van der Waals surface area (Å²) in [6.45, 7) is 8.32. The van der Waals surface area contributed by atoms with Crippen LogP contribution in [0.2, 0.25) is 0 Å². The van der Waals surface area contributed by atoms with E-state index < -0.39 is 5.38 Å². The van der Waals surface area contributed by atoms with Gasteiger partial charge in [-0.15, -0.1) is 23.4 Å². The monoisotopic (exact) mass is 349 g/mol. The van der Waals surface area contributed by atoms with Gasteiger partial charge >= 0.3 is 0 Å². The average Bonchev–Trinajstić information content (AvgIpc) is 2.52. The van der Waals surface area contributed by atoms with E-state index in [-0.39, 0.29) is 22.5 Å². The van der Waals surface area contributed by atoms with Crippen LogP contribution in [0.15, 0.2) is 35.5 Å². The van der Waals surface area contributed by atoms with Gasteiger partial charge in [0.25, 0.3) is 0 Å². The third-order valence-corrected chi connectivity index (χ3v) is 6.32. The van der Waals surface area contributed by atoms with Crippen LogP contribution in [0, 0.1) is 0 Å². The van der Waals surface area contributed by atoms with Gasteiger partial charge in [0, 0.05) is 11.3 Å². The van der Waals surface area contributed by atoms with E-state index in [1.807, 2.05) is 31.2 Å². The lowest BCUT2D eigenvalue weighted by molar-refractivity contribution is -0.137. The fraction of sp³-hybridized carbons (Fsp3) is 0.444. The van der Waals surface area contributed by atoms with Crippen molar-refractivity contribution >= 4 is 35.1 Å². The zero-order valence-electron chi connectivity index (χ0n) is 13.7. The third-order valence-electron chi connectivity index (χ3n) is 4.32. The first-order valence-electron chi connectivity index (χ1n) is 7.65. The number of halogens is 1. The predicted molar refractivity (Wildman–Crippen MR) is 94.9 cm³/mol. The van der Waals surface area contributed by atoms with Gasteiger partial charge in [0.05, 0.1) is 5.70 Å². The van der Waals surface area contributed by atoms with Crippen molar-refractivity contribution in [3.8, 4) is 0 Å². The first-order valence-corrected chi connectivity index (χ1v) is 9.14. The van der Waals surface area contributed by atoms with Crippen LogP contribution in [0.25, 0.3) is 0 Å². The number of fused-ring (bicyclic) bond motifs is 1. The number of alkyl halides is 1. The maximum absolute atomic E-state index is 12.9. The molecule has 0 radical (unpaired) electrons. The molecule has 23 heavy (non-hydrogen) atoms. The summed E-state index contributed by atoms with van der Waals surface area (Å²) in [5, 5.41) is -0.625. The number of ketones is 1. The van der Waals surface area contributed by atoms with Gasteiger partial charge in [-0.1, -0.05) is 45.0 Å². The molecule has 2 heterocycles. The molecule has 3 rings (SSSR count). The molecule has 0 N–H and O–H groups in total. The van der Waals surface area contributed by atoms with E-state index >= 15 is 0 Å². The Balaban J connectivity index is 1.92. The third kappa shape index (κ3) is 2.72. The lowest BCUT2D eigenvalue weighted by atomic mass is 9.86. The second-order valence-electron chi connectivity index (χ2n) is 7.10. The molecule has 0 aliphatic carbocycles. The number of hydrogen-bond donors (Lipinski definition) is 0. The van der Waals surface area contributed by atoms with Crippen LogP contribution >= 0.6 is 23.4 Å². The molecule has 1 aromatic rings. The maximum atomic E-state index is 12.9. The molecule has 2 atom stereocenters. The molecule has 1 saturated heterocycles. The maximum Gasteiger partial charge on any atom is 0.249 e. The van der Waals surface area contributed by atoms with Crippen molar-refractivity contribution < 1.29 is 9.59 Å². The molecule has 1 aromatic carbocycles. The fourth-order valence-corrected chi connectivity index (χ4v) is 4.51. The molecule has 0 unspecified atom stereocenters. The highest BCUT2D eigenvalue weighted by atomic mass is 35.5. The second-order valence-corrected chi connectivity index (χ2v) is 8.67. The van der Waals surface area contributed by atoms with E-state index in [0.717, 1.165) is 11.3 Å². The molecule has 0 aromatic heterocycles. The highest BCUT2D eigenvalue weighted by molar-refractivity contribution is 8.00. The summed E-state index contributed by atoms with van der Waals surface area (Å²) in [6, 6.07) is 7.67. The summed E-state index contributed by atoms with van der Waals surface area (Å²) in [5.41, 5.74) is 3.29. The van der Waals surface area contributed by atoms with E-state index in [1.165, 1.54) is 5.56 Å². The van der Waals surface area contributed by atoms with Gasteiger partial charge in [-0.2, -0.15) is 0 Å². The SMILES string of the molecule is CC1=C(C(=O)c2ccc(C(C)(C)C)cc2)N2C(=O)[C@H](Cl)[C@@H]2SC1. The van der Waals surface area contributed by atoms with Crippen LogP contribution in [0.1, 0.15) is 43.6 Å². The summed E-state index contributed by atoms with van der Waals surface area (Å²) in [4.78, 5) is 26.5. The number of amides is 1. The number of hydrogen-bond acceptors (Lipinski definition) is 3. The molecule has 122 valence electrons. The van der Waals surface area contributed by atoms with Gasteiger partial charge in [-0.25, -0.2) is 0 Å². The van der Waals surface area contributed by atoms with Crippen LogP contribution in [0.3, 0.4) is 0 Å². The van der Waals surface area contributed by atoms with Gasteiger partial charge in [0.15, 0.2) is 0 Å². The van der Waals surface area contributed by atoms with Crippen LogP contribution < -0.4 is 0 Å². The van der Waals surface area contributed by atoms with Crippen molar-refractivity contribution in [1.29, 1.82) is 0 Å². The Hall–Kier alpha value is -1.26. The molecule has 2 aliphatic heterocycles. The van der Waals surface area contributed by atoms with E-state index in [4.69, 9.17) is 11.6 Å². The summed E-state index contributed by atoms with van der Waals surface area (Å²) >= 11 is 7.68. The van der Waals surface area contributed by atoms with Crippen LogP contribution in [0.4, 0.5) is 0 Å². The largest absolute Gasteiger partial charge is 0.293 e. The molecular weight excluding hydrogens is 330 g/mol. The second kappa shape index (κ2) is 5.67. The van der Waals surface area contributed by atoms with Gasteiger partial charge in [0.2, 0.25) is 11.7 Å². The van der Waals surface area contributed by atoms with E-state index in [0.29, 0.717) is 11.3 Å². The minimum Gasteiger partial charge on any atom is -0.293 e. The van der Waals surface area contributed by atoms with Crippen molar-refractivity contribution in [2.75, 3.05) is 5.75 Å². The van der Waals surface area contributed by atoms with Crippen molar-refractivity contribution in [3.05, 3.63) is 46.7 Å². The molecule has 1 fully saturated rings. The summed E-state index contributed by atoms with van der Waals surface area (Å²) in [5.74, 6) is 0.474. The van der Waals surface area contributed by atoms with Gasteiger partial charge in [-0.3, -0.25) is 14.5 Å². The minimum atomic E-state index is -0.515. The Morgan fingerprint density at radius 3 is 2.43 bits per heavy atom. The number of carbonyl (C=O) groups excluding carboxylic acids is 2. The number of carbonyl (C=O) groups is 2. The number of rotatable bonds is 2. The predicted octanol–water partition coefficient (Wildman–Crippen LogP) is 3.96. The van der Waals surface area contributed by atoms with Crippen molar-refractivity contribution in [1.82, 2.24) is 4.90 Å². The van der Waals surface area contributed by atoms with Crippen LogP contribution in [-0.2, 0) is 10.2 Å². The number of Topliss-reactive ketones (excluding diaryl/α,β-unsaturated/α-hetero) is 1. The van der Waals surface area contributed by atoms with Gasteiger partial charge < -0.3 is 0 Å². The topological polar surface area (TPSA) is 37.4 Å². The van der Waals surface area contributed by atoms with Crippen molar-refractivity contribution in [3.63, 3.8) is 0 Å². The Morgan fingerprint density at radius 2 is 1.87 bits per heavy atom. The molecule has 0 spiro atoms. The van der Waals surface area contributed by atoms with Crippen molar-refractivity contribution in [2.45, 2.75) is 43.9 Å². The first-order chi connectivity index (χ1) is 10.7. The van der Waals surface area contributed by atoms with Crippen LogP contribution in [0.5, 0.6) is 0 Å². The lowest BCUT2D eigenvalue weighted by Gasteiger charge is -2.47. The molecule has 1 amide bonds. The molecule has 0 bridgehead atoms. The van der Waals surface area contributed by atoms with Crippen LogP contribution in [-0.4, -0.2) is 33.1 Å². The van der Waals surface area contributed by atoms with E-state index in [9.17, 15) is 9.59 Å². The summed E-state index contributed by atoms with van der Waals surface area (Å²) in [7, 11) is 0. The fourth-order valence-electron chi connectivity index (χ4n) is 2.87. The standard InChI is InChI=1S/C18H20ClNO2S/c1-10-9-23-17-13(19)16(22)20(17)14(10)15(21)11-5-7-12(8-6-11)18(2,3)4/h5-8,13,17H,9H2,1-4H3/t13-,17-/m0/s1. The zero-order chi connectivity index (χ0) is 16.9. The smallest absolute Gasteiger partial charge is 0.249 e. The Kier molecular flexibility index (Phi) is 4.09. The Morgan fingerprint density at radius 1 is 1.26 bits per heavy atom. The Bertz CT molecular complexity index is 703. The first kappa shape index (κ1) is 16.6. The minimum absolute atomic E-state index is 0.0443. The normalized spacial score (nSPS) is 24.4. The summed E-state index contributed by atoms with van der Waals surface area (Å²) in [6.07, 6.45) is 0. The van der Waals surface area contributed by atoms with Gasteiger partial charge in [0.1, 0.15) is 10.8 Å². The average molecular weight is 350 g/mol. The number of β-lactam (4-membered cyclic amide) rings is 1. The number of nitrogens with zero attached hydrogens (tertiary/aromatic N) is 1. The zero-order valence-corrected chi connectivity index (χ0v) is 15.3. The molecule has 3 nitrogen and oxygen atoms in total. The summed E-state index contributed by atoms with van der Waals surface area (Å²) < 4.78 is 0. The highest BCUT2D eigenvalue weighted by Crippen LogP contribution is 2.43. The number of thioether (sulfide) groups is 1. The molecular formula is C18H20ClNO2S. The number of benzene rings is 1. The number of allylic oxidation sites excluding steroid dienone is 1. The van der Waals surface area contributed by atoms with E-state index in [2.05, 4.69) is 20.8 Å². The van der Waals surface area contributed by atoms with Gasteiger partial charge in [-0.05, 0) is 23.5 Å².